The highest BCUT2D eigenvalue weighted by Gasteiger charge is 2.34. The molecule has 0 aliphatic carbocycles. The molecule has 2 aliphatic rings. The van der Waals surface area contributed by atoms with Crippen molar-refractivity contribution in [1.82, 2.24) is 10.6 Å². The fraction of sp³-hybridized carbons (Fsp3) is 0.632. The van der Waals surface area contributed by atoms with Crippen LogP contribution in [0.2, 0.25) is 0 Å². The highest BCUT2D eigenvalue weighted by Crippen LogP contribution is 2.31. The van der Waals surface area contributed by atoms with E-state index in [0.717, 1.165) is 43.0 Å². The van der Waals surface area contributed by atoms with Gasteiger partial charge in [0.1, 0.15) is 18.1 Å². The van der Waals surface area contributed by atoms with Crippen molar-refractivity contribution in [2.24, 2.45) is 11.3 Å². The molecule has 6 heteroatoms. The predicted molar refractivity (Wildman–Crippen MR) is 95.1 cm³/mol. The smallest absolute Gasteiger partial charge is 0.226 e. The fourth-order valence-electron chi connectivity index (χ4n) is 3.72. The summed E-state index contributed by atoms with van der Waals surface area (Å²) in [5, 5.41) is 6.52. The molecule has 1 amide bonds. The van der Waals surface area contributed by atoms with Crippen LogP contribution in [0.15, 0.2) is 18.2 Å². The van der Waals surface area contributed by atoms with Crippen LogP contribution in [0.3, 0.4) is 0 Å². The van der Waals surface area contributed by atoms with E-state index in [1.165, 1.54) is 0 Å². The van der Waals surface area contributed by atoms with Crippen LogP contribution in [0.25, 0.3) is 0 Å². The average molecular weight is 348 g/mol. The van der Waals surface area contributed by atoms with Gasteiger partial charge in [-0.2, -0.15) is 0 Å². The van der Waals surface area contributed by atoms with Crippen molar-refractivity contribution in [3.63, 3.8) is 0 Å². The second-order valence-electron chi connectivity index (χ2n) is 7.09. The normalized spacial score (nSPS) is 21.8. The van der Waals surface area contributed by atoms with Crippen molar-refractivity contribution < 1.29 is 19.0 Å². The van der Waals surface area contributed by atoms with Gasteiger partial charge in [0.05, 0.1) is 19.6 Å². The number of nitrogens with one attached hydrogen (secondary N) is 2. The monoisotopic (exact) mass is 348 g/mol. The van der Waals surface area contributed by atoms with Crippen LogP contribution in [0, 0.1) is 11.3 Å². The van der Waals surface area contributed by atoms with E-state index in [9.17, 15) is 4.79 Å². The SMILES string of the molecule is COCC1(CNC(=O)C2COc3ccc(OC)cc3C2)CCNCC1. The second-order valence-corrected chi connectivity index (χ2v) is 7.09. The van der Waals surface area contributed by atoms with Gasteiger partial charge in [-0.15, -0.1) is 0 Å². The van der Waals surface area contributed by atoms with Crippen LogP contribution in [0.4, 0.5) is 0 Å². The Bertz CT molecular complexity index is 594. The molecule has 2 N–H and O–H groups in total. The van der Waals surface area contributed by atoms with Crippen LogP contribution in [0.1, 0.15) is 18.4 Å². The molecule has 2 heterocycles. The maximum Gasteiger partial charge on any atom is 0.226 e. The molecule has 0 bridgehead atoms. The van der Waals surface area contributed by atoms with Crippen molar-refractivity contribution in [3.8, 4) is 11.5 Å². The maximum absolute atomic E-state index is 12.7. The third kappa shape index (κ3) is 4.25. The van der Waals surface area contributed by atoms with Crippen LogP contribution in [-0.2, 0) is 16.0 Å². The van der Waals surface area contributed by atoms with E-state index in [0.29, 0.717) is 26.2 Å². The van der Waals surface area contributed by atoms with Gasteiger partial charge < -0.3 is 24.8 Å². The summed E-state index contributed by atoms with van der Waals surface area (Å²) in [7, 11) is 3.37. The van der Waals surface area contributed by atoms with Crippen LogP contribution >= 0.6 is 0 Å². The van der Waals surface area contributed by atoms with Gasteiger partial charge in [-0.05, 0) is 56.1 Å². The van der Waals surface area contributed by atoms with Crippen molar-refractivity contribution in [1.29, 1.82) is 0 Å². The first-order chi connectivity index (χ1) is 12.2. The lowest BCUT2D eigenvalue weighted by Crippen LogP contribution is -2.49. The zero-order chi connectivity index (χ0) is 17.7. The largest absolute Gasteiger partial charge is 0.497 e. The summed E-state index contributed by atoms with van der Waals surface area (Å²) in [5.74, 6) is 1.53. The zero-order valence-electron chi connectivity index (χ0n) is 15.1. The third-order valence-corrected chi connectivity index (χ3v) is 5.30. The van der Waals surface area contributed by atoms with E-state index < -0.39 is 0 Å². The molecule has 1 atom stereocenters. The van der Waals surface area contributed by atoms with E-state index in [1.807, 2.05) is 18.2 Å². The Morgan fingerprint density at radius 1 is 1.36 bits per heavy atom. The Kier molecular flexibility index (Phi) is 5.81. The zero-order valence-corrected chi connectivity index (χ0v) is 15.1. The Labute approximate surface area is 149 Å². The first-order valence-electron chi connectivity index (χ1n) is 8.93. The molecule has 0 radical (unpaired) electrons. The molecule has 1 unspecified atom stereocenters. The molecule has 0 spiro atoms. The quantitative estimate of drug-likeness (QED) is 0.813. The Balaban J connectivity index is 1.59. The van der Waals surface area contributed by atoms with Gasteiger partial charge in [-0.3, -0.25) is 4.79 Å². The van der Waals surface area contributed by atoms with E-state index in [2.05, 4.69) is 10.6 Å². The molecular formula is C19H28N2O4. The number of carbonyl (C=O) groups is 1. The molecular weight excluding hydrogens is 320 g/mol. The highest BCUT2D eigenvalue weighted by molar-refractivity contribution is 5.79. The van der Waals surface area contributed by atoms with Crippen molar-refractivity contribution in [2.75, 3.05) is 47.1 Å². The minimum Gasteiger partial charge on any atom is -0.497 e. The molecule has 138 valence electrons. The average Bonchev–Trinajstić information content (AvgIpc) is 2.66. The predicted octanol–water partition coefficient (Wildman–Crippen LogP) is 1.38. The minimum atomic E-state index is -0.166. The molecule has 1 aromatic carbocycles. The van der Waals surface area contributed by atoms with Crippen LogP contribution in [-0.4, -0.2) is 53.0 Å². The third-order valence-electron chi connectivity index (χ3n) is 5.30. The topological polar surface area (TPSA) is 68.8 Å². The lowest BCUT2D eigenvalue weighted by Gasteiger charge is -2.37. The summed E-state index contributed by atoms with van der Waals surface area (Å²) in [5.41, 5.74) is 1.06. The summed E-state index contributed by atoms with van der Waals surface area (Å²) >= 11 is 0. The van der Waals surface area contributed by atoms with Gasteiger partial charge in [0, 0.05) is 19.1 Å². The maximum atomic E-state index is 12.7. The van der Waals surface area contributed by atoms with Gasteiger partial charge in [0.25, 0.3) is 0 Å². The Hall–Kier alpha value is -1.79. The Morgan fingerprint density at radius 3 is 2.88 bits per heavy atom. The molecule has 25 heavy (non-hydrogen) atoms. The molecule has 3 rings (SSSR count). The van der Waals surface area contributed by atoms with E-state index in [-0.39, 0.29) is 17.2 Å². The number of fused-ring (bicyclic) bond motifs is 1. The van der Waals surface area contributed by atoms with Gasteiger partial charge >= 0.3 is 0 Å². The highest BCUT2D eigenvalue weighted by atomic mass is 16.5. The first-order valence-corrected chi connectivity index (χ1v) is 8.93. The van der Waals surface area contributed by atoms with E-state index in [1.54, 1.807) is 14.2 Å². The first kappa shape index (κ1) is 18.0. The molecule has 6 nitrogen and oxygen atoms in total. The molecule has 0 aromatic heterocycles. The summed E-state index contributed by atoms with van der Waals surface area (Å²) in [6.07, 6.45) is 2.71. The van der Waals surface area contributed by atoms with Crippen molar-refractivity contribution >= 4 is 5.91 Å². The molecule has 1 fully saturated rings. The molecule has 1 aromatic rings. The van der Waals surface area contributed by atoms with Crippen molar-refractivity contribution in [2.45, 2.75) is 19.3 Å². The summed E-state index contributed by atoms with van der Waals surface area (Å²) in [4.78, 5) is 12.7. The summed E-state index contributed by atoms with van der Waals surface area (Å²) < 4.78 is 16.5. The number of hydrogen-bond donors (Lipinski definition) is 2. The van der Waals surface area contributed by atoms with Crippen LogP contribution < -0.4 is 20.1 Å². The standard InChI is InChI=1S/C19H28N2O4/c1-23-13-19(5-7-20-8-6-19)12-21-18(22)15-9-14-10-16(24-2)3-4-17(14)25-11-15/h3-4,10,15,20H,5-9,11-13H2,1-2H3,(H,21,22). The number of rotatable bonds is 6. The molecule has 1 saturated heterocycles. The van der Waals surface area contributed by atoms with E-state index in [4.69, 9.17) is 14.2 Å². The number of hydrogen-bond acceptors (Lipinski definition) is 5. The van der Waals surface area contributed by atoms with Gasteiger partial charge in [-0.25, -0.2) is 0 Å². The lowest BCUT2D eigenvalue weighted by atomic mass is 9.79. The number of ether oxygens (including phenoxy) is 3. The lowest BCUT2D eigenvalue weighted by molar-refractivity contribution is -0.127. The number of carbonyl (C=O) groups excluding carboxylic acids is 1. The fourth-order valence-corrected chi connectivity index (χ4v) is 3.72. The number of methoxy groups -OCH3 is 2. The number of benzene rings is 1. The minimum absolute atomic E-state index is 0.0340. The number of amides is 1. The van der Waals surface area contributed by atoms with Gasteiger partial charge in [0.15, 0.2) is 0 Å². The number of piperidine rings is 1. The summed E-state index contributed by atoms with van der Waals surface area (Å²) in [6.45, 7) is 3.70. The van der Waals surface area contributed by atoms with Gasteiger partial charge in [-0.1, -0.05) is 0 Å². The molecule has 0 saturated carbocycles. The van der Waals surface area contributed by atoms with Gasteiger partial charge in [0.2, 0.25) is 5.91 Å². The summed E-state index contributed by atoms with van der Waals surface area (Å²) in [6, 6.07) is 5.74. The molecule has 2 aliphatic heterocycles. The van der Waals surface area contributed by atoms with Crippen LogP contribution in [0.5, 0.6) is 11.5 Å². The van der Waals surface area contributed by atoms with Crippen molar-refractivity contribution in [3.05, 3.63) is 23.8 Å². The Morgan fingerprint density at radius 2 is 2.16 bits per heavy atom. The van der Waals surface area contributed by atoms with E-state index >= 15 is 0 Å². The second kappa shape index (κ2) is 8.06.